The lowest BCUT2D eigenvalue weighted by Gasteiger charge is -2.07. The number of rotatable bonds is 5. The van der Waals surface area contributed by atoms with Gasteiger partial charge in [-0.05, 0) is 24.3 Å². The van der Waals surface area contributed by atoms with Gasteiger partial charge in [0.1, 0.15) is 5.75 Å². The van der Waals surface area contributed by atoms with E-state index in [9.17, 15) is 9.90 Å². The zero-order chi connectivity index (χ0) is 16.8. The van der Waals surface area contributed by atoms with Crippen molar-refractivity contribution in [2.75, 3.05) is 14.2 Å². The minimum absolute atomic E-state index is 0.0639. The lowest BCUT2D eigenvalue weighted by Crippen LogP contribution is -2.18. The predicted molar refractivity (Wildman–Crippen MR) is 90.4 cm³/mol. The average Bonchev–Trinajstić information content (AvgIpc) is 2.57. The van der Waals surface area contributed by atoms with E-state index in [1.165, 1.54) is 20.4 Å². The molecule has 2 aromatic rings. The molecule has 0 atom stereocenters. The van der Waals surface area contributed by atoms with Crippen LogP contribution in [0.3, 0.4) is 0 Å². The molecule has 0 aliphatic carbocycles. The number of hydrazone groups is 1. The van der Waals surface area contributed by atoms with E-state index in [0.717, 1.165) is 0 Å². The summed E-state index contributed by atoms with van der Waals surface area (Å²) in [5, 5.41) is 13.9. The van der Waals surface area contributed by atoms with Gasteiger partial charge in [-0.1, -0.05) is 28.1 Å². The van der Waals surface area contributed by atoms with Crippen molar-refractivity contribution >= 4 is 28.1 Å². The maximum Gasteiger partial charge on any atom is 0.275 e. The third-order valence-corrected chi connectivity index (χ3v) is 3.47. The summed E-state index contributed by atoms with van der Waals surface area (Å²) in [4.78, 5) is 12.1. The number of amides is 1. The second kappa shape index (κ2) is 7.64. The Balaban J connectivity index is 2.16. The fraction of sp³-hybridized carbons (Fsp3) is 0.125. The van der Waals surface area contributed by atoms with Crippen LogP contribution in [-0.2, 0) is 0 Å². The Kier molecular flexibility index (Phi) is 5.59. The SMILES string of the molecule is COc1ccccc1C(=O)NN=Cc1cc(Br)cc(OC)c1O. The highest BCUT2D eigenvalue weighted by atomic mass is 79.9. The molecule has 0 heterocycles. The van der Waals surface area contributed by atoms with Crippen molar-refractivity contribution in [3.8, 4) is 17.2 Å². The standard InChI is InChI=1S/C16H15BrN2O4/c1-22-13-6-4-3-5-12(13)16(21)19-18-9-10-7-11(17)8-14(23-2)15(10)20/h3-9,20H,1-2H3,(H,19,21). The van der Waals surface area contributed by atoms with Gasteiger partial charge in [0.15, 0.2) is 11.5 Å². The number of para-hydroxylation sites is 1. The Morgan fingerprint density at radius 2 is 1.91 bits per heavy atom. The zero-order valence-corrected chi connectivity index (χ0v) is 14.1. The fourth-order valence-corrected chi connectivity index (χ4v) is 2.36. The average molecular weight is 379 g/mol. The Labute approximate surface area is 141 Å². The van der Waals surface area contributed by atoms with Gasteiger partial charge in [-0.25, -0.2) is 5.43 Å². The molecule has 0 aliphatic rings. The zero-order valence-electron chi connectivity index (χ0n) is 12.5. The van der Waals surface area contributed by atoms with Crippen molar-refractivity contribution in [2.24, 2.45) is 5.10 Å². The van der Waals surface area contributed by atoms with Gasteiger partial charge in [-0.2, -0.15) is 5.10 Å². The highest BCUT2D eigenvalue weighted by Gasteiger charge is 2.11. The molecule has 120 valence electrons. The molecule has 0 saturated heterocycles. The van der Waals surface area contributed by atoms with Gasteiger partial charge < -0.3 is 14.6 Å². The molecule has 23 heavy (non-hydrogen) atoms. The smallest absolute Gasteiger partial charge is 0.275 e. The molecule has 6 nitrogen and oxygen atoms in total. The van der Waals surface area contributed by atoms with Crippen molar-refractivity contribution in [1.29, 1.82) is 0 Å². The topological polar surface area (TPSA) is 80.2 Å². The second-order valence-corrected chi connectivity index (χ2v) is 5.36. The molecule has 2 aromatic carbocycles. The summed E-state index contributed by atoms with van der Waals surface area (Å²) < 4.78 is 10.9. The Morgan fingerprint density at radius 3 is 2.61 bits per heavy atom. The van der Waals surface area contributed by atoms with Crippen molar-refractivity contribution in [2.45, 2.75) is 0 Å². The van der Waals surface area contributed by atoms with E-state index >= 15 is 0 Å². The molecule has 0 radical (unpaired) electrons. The third-order valence-electron chi connectivity index (χ3n) is 3.01. The highest BCUT2D eigenvalue weighted by molar-refractivity contribution is 9.10. The monoisotopic (exact) mass is 378 g/mol. The number of nitrogens with zero attached hydrogens (tertiary/aromatic N) is 1. The molecule has 1 amide bonds. The number of methoxy groups -OCH3 is 2. The van der Waals surface area contributed by atoms with E-state index in [1.807, 2.05) is 0 Å². The van der Waals surface area contributed by atoms with Crippen molar-refractivity contribution in [3.63, 3.8) is 0 Å². The first-order chi connectivity index (χ1) is 11.1. The molecule has 2 N–H and O–H groups in total. The normalized spacial score (nSPS) is 10.6. The van der Waals surface area contributed by atoms with E-state index < -0.39 is 5.91 Å². The summed E-state index contributed by atoms with van der Waals surface area (Å²) in [5.41, 5.74) is 3.15. The van der Waals surface area contributed by atoms with Gasteiger partial charge in [0.05, 0.1) is 26.0 Å². The molecule has 0 unspecified atom stereocenters. The summed E-state index contributed by atoms with van der Waals surface area (Å²) in [6.07, 6.45) is 1.33. The number of hydrogen-bond acceptors (Lipinski definition) is 5. The van der Waals surface area contributed by atoms with Crippen LogP contribution in [-0.4, -0.2) is 31.4 Å². The molecule has 0 saturated carbocycles. The van der Waals surface area contributed by atoms with Crippen LogP contribution >= 0.6 is 15.9 Å². The van der Waals surface area contributed by atoms with E-state index in [-0.39, 0.29) is 5.75 Å². The number of hydrogen-bond donors (Lipinski definition) is 2. The van der Waals surface area contributed by atoms with Crippen LogP contribution in [0, 0.1) is 0 Å². The number of phenols is 1. The largest absolute Gasteiger partial charge is 0.504 e. The molecule has 2 rings (SSSR count). The number of phenolic OH excluding ortho intramolecular Hbond substituents is 1. The number of benzene rings is 2. The molecule has 0 bridgehead atoms. The van der Waals surface area contributed by atoms with Crippen LogP contribution < -0.4 is 14.9 Å². The number of carbonyl (C=O) groups excluding carboxylic acids is 1. The molecule has 0 aromatic heterocycles. The first-order valence-electron chi connectivity index (χ1n) is 6.59. The van der Waals surface area contributed by atoms with Gasteiger partial charge >= 0.3 is 0 Å². The summed E-state index contributed by atoms with van der Waals surface area (Å²) in [6, 6.07) is 10.1. The molecular weight excluding hydrogens is 364 g/mol. The fourth-order valence-electron chi connectivity index (χ4n) is 1.90. The minimum Gasteiger partial charge on any atom is -0.504 e. The van der Waals surface area contributed by atoms with Gasteiger partial charge in [0.2, 0.25) is 0 Å². The predicted octanol–water partition coefficient (Wildman–Crippen LogP) is 2.94. The Morgan fingerprint density at radius 1 is 1.22 bits per heavy atom. The highest BCUT2D eigenvalue weighted by Crippen LogP contribution is 2.32. The number of aromatic hydroxyl groups is 1. The van der Waals surface area contributed by atoms with Gasteiger partial charge in [0.25, 0.3) is 5.91 Å². The lowest BCUT2D eigenvalue weighted by molar-refractivity contribution is 0.0952. The van der Waals surface area contributed by atoms with Crippen molar-refractivity contribution < 1.29 is 19.4 Å². The van der Waals surface area contributed by atoms with Crippen molar-refractivity contribution in [1.82, 2.24) is 5.43 Å². The maximum atomic E-state index is 12.1. The minimum atomic E-state index is -0.417. The van der Waals surface area contributed by atoms with E-state index in [0.29, 0.717) is 27.1 Å². The van der Waals surface area contributed by atoms with Crippen LogP contribution in [0.4, 0.5) is 0 Å². The van der Waals surface area contributed by atoms with Crippen LogP contribution in [0.1, 0.15) is 15.9 Å². The first kappa shape index (κ1) is 16.8. The van der Waals surface area contributed by atoms with Crippen LogP contribution in [0.2, 0.25) is 0 Å². The Hall–Kier alpha value is -2.54. The quantitative estimate of drug-likeness (QED) is 0.619. The molecule has 7 heteroatoms. The van der Waals surface area contributed by atoms with Gasteiger partial charge in [0, 0.05) is 10.0 Å². The van der Waals surface area contributed by atoms with E-state index in [1.54, 1.807) is 36.4 Å². The summed E-state index contributed by atoms with van der Waals surface area (Å²) >= 11 is 3.31. The lowest BCUT2D eigenvalue weighted by atomic mass is 10.2. The second-order valence-electron chi connectivity index (χ2n) is 4.45. The van der Waals surface area contributed by atoms with E-state index in [2.05, 4.69) is 26.5 Å². The number of halogens is 1. The molecule has 0 aliphatic heterocycles. The summed E-state index contributed by atoms with van der Waals surface area (Å²) in [7, 11) is 2.94. The molecule has 0 fully saturated rings. The van der Waals surface area contributed by atoms with Crippen LogP contribution in [0.15, 0.2) is 46.0 Å². The number of ether oxygens (including phenoxy) is 2. The third kappa shape index (κ3) is 4.01. The number of carbonyl (C=O) groups is 1. The summed E-state index contributed by atoms with van der Waals surface area (Å²) in [6.45, 7) is 0. The van der Waals surface area contributed by atoms with E-state index in [4.69, 9.17) is 9.47 Å². The Bertz CT molecular complexity index is 747. The van der Waals surface area contributed by atoms with Crippen LogP contribution in [0.25, 0.3) is 0 Å². The van der Waals surface area contributed by atoms with Gasteiger partial charge in [-0.3, -0.25) is 4.79 Å². The van der Waals surface area contributed by atoms with Crippen molar-refractivity contribution in [3.05, 3.63) is 52.0 Å². The first-order valence-corrected chi connectivity index (χ1v) is 7.39. The molecule has 0 spiro atoms. The van der Waals surface area contributed by atoms with Crippen LogP contribution in [0.5, 0.6) is 17.2 Å². The molecular formula is C16H15BrN2O4. The maximum absolute atomic E-state index is 12.1. The van der Waals surface area contributed by atoms with Gasteiger partial charge in [-0.15, -0.1) is 0 Å². The summed E-state index contributed by atoms with van der Waals surface area (Å²) in [5.74, 6) is 0.273. The number of nitrogens with one attached hydrogen (secondary N) is 1.